The number of carbonyl (C=O) groups excluding carboxylic acids is 1. The molecule has 23 heavy (non-hydrogen) atoms. The Morgan fingerprint density at radius 3 is 2.83 bits per heavy atom. The summed E-state index contributed by atoms with van der Waals surface area (Å²) in [5.74, 6) is 2.10. The molecule has 1 amide bonds. The summed E-state index contributed by atoms with van der Waals surface area (Å²) in [6.07, 6.45) is 4.47. The quantitative estimate of drug-likeness (QED) is 0.886. The van der Waals surface area contributed by atoms with Crippen molar-refractivity contribution in [1.29, 1.82) is 0 Å². The van der Waals surface area contributed by atoms with Crippen molar-refractivity contribution in [1.82, 2.24) is 20.4 Å². The Morgan fingerprint density at radius 1 is 1.43 bits per heavy atom. The smallest absolute Gasteiger partial charge is 0.223 e. The molecule has 1 aliphatic carbocycles. The summed E-state index contributed by atoms with van der Waals surface area (Å²) in [5.41, 5.74) is 2.55. The van der Waals surface area contributed by atoms with Gasteiger partial charge in [-0.15, -0.1) is 0 Å². The van der Waals surface area contributed by atoms with E-state index in [2.05, 4.69) is 34.3 Å². The number of aromatic nitrogens is 3. The molecule has 0 aromatic carbocycles. The molecule has 0 bridgehead atoms. The molecule has 6 nitrogen and oxygen atoms in total. The fourth-order valence-corrected chi connectivity index (χ4v) is 2.39. The zero-order chi connectivity index (χ0) is 16.4. The number of aryl methyl sites for hydroxylation is 1. The Hall–Kier alpha value is -2.24. The maximum atomic E-state index is 11.8. The van der Waals surface area contributed by atoms with Crippen LogP contribution in [0.1, 0.15) is 49.8 Å². The maximum absolute atomic E-state index is 11.8. The average molecular weight is 314 g/mol. The second-order valence-corrected chi connectivity index (χ2v) is 6.39. The third-order valence-corrected chi connectivity index (χ3v) is 3.91. The molecule has 0 spiro atoms. The van der Waals surface area contributed by atoms with E-state index >= 15 is 0 Å². The van der Waals surface area contributed by atoms with Gasteiger partial charge in [-0.25, -0.2) is 9.97 Å². The minimum Gasteiger partial charge on any atom is -0.356 e. The molecule has 1 fully saturated rings. The Kier molecular flexibility index (Phi) is 4.41. The first-order valence-corrected chi connectivity index (χ1v) is 8.12. The van der Waals surface area contributed by atoms with Gasteiger partial charge in [0, 0.05) is 37.1 Å². The highest BCUT2D eigenvalue weighted by molar-refractivity contribution is 5.80. The molecule has 1 saturated carbocycles. The normalized spacial score (nSPS) is 14.3. The predicted molar refractivity (Wildman–Crippen MR) is 85.8 cm³/mol. The van der Waals surface area contributed by atoms with E-state index in [0.717, 1.165) is 35.6 Å². The maximum Gasteiger partial charge on any atom is 0.223 e. The summed E-state index contributed by atoms with van der Waals surface area (Å²) in [5, 5.41) is 6.91. The summed E-state index contributed by atoms with van der Waals surface area (Å²) in [4.78, 5) is 20.8. The van der Waals surface area contributed by atoms with Gasteiger partial charge in [-0.05, 0) is 19.8 Å². The molecule has 0 saturated heterocycles. The van der Waals surface area contributed by atoms with Crippen LogP contribution in [-0.2, 0) is 11.2 Å². The van der Waals surface area contributed by atoms with Crippen molar-refractivity contribution < 1.29 is 9.32 Å². The van der Waals surface area contributed by atoms with Crippen molar-refractivity contribution in [3.63, 3.8) is 0 Å². The van der Waals surface area contributed by atoms with Gasteiger partial charge >= 0.3 is 0 Å². The number of carbonyl (C=O) groups is 1. The number of amides is 1. The number of nitrogens with zero attached hydrogens (tertiary/aromatic N) is 3. The van der Waals surface area contributed by atoms with E-state index < -0.39 is 0 Å². The zero-order valence-electron chi connectivity index (χ0n) is 13.8. The lowest BCUT2D eigenvalue weighted by molar-refractivity contribution is -0.122. The predicted octanol–water partition coefficient (Wildman–Crippen LogP) is 2.63. The first-order valence-electron chi connectivity index (χ1n) is 8.12. The van der Waals surface area contributed by atoms with Gasteiger partial charge in [0.05, 0.1) is 17.0 Å². The van der Waals surface area contributed by atoms with Crippen LogP contribution in [0.5, 0.6) is 0 Å². The van der Waals surface area contributed by atoms with Gasteiger partial charge < -0.3 is 9.84 Å². The number of rotatable bonds is 6. The van der Waals surface area contributed by atoms with Crippen molar-refractivity contribution in [2.24, 2.45) is 5.92 Å². The van der Waals surface area contributed by atoms with E-state index in [4.69, 9.17) is 4.52 Å². The largest absolute Gasteiger partial charge is 0.356 e. The highest BCUT2D eigenvalue weighted by Crippen LogP contribution is 2.29. The fourth-order valence-electron chi connectivity index (χ4n) is 2.39. The Bertz CT molecular complexity index is 704. The first-order chi connectivity index (χ1) is 11.0. The second-order valence-electron chi connectivity index (χ2n) is 6.39. The van der Waals surface area contributed by atoms with Crippen molar-refractivity contribution >= 4 is 5.91 Å². The van der Waals surface area contributed by atoms with Gasteiger partial charge in [-0.3, -0.25) is 4.79 Å². The standard InChI is InChI=1S/C17H22N4O2/c1-10(2)16-19-9-13(15-8-11(3)21-23-15)14(20-16)6-7-18-17(22)12-4-5-12/h8-10,12H,4-7H2,1-3H3,(H,18,22). The van der Waals surface area contributed by atoms with Gasteiger partial charge in [-0.1, -0.05) is 19.0 Å². The zero-order valence-corrected chi connectivity index (χ0v) is 13.8. The van der Waals surface area contributed by atoms with E-state index in [-0.39, 0.29) is 17.7 Å². The van der Waals surface area contributed by atoms with E-state index in [1.54, 1.807) is 6.20 Å². The van der Waals surface area contributed by atoms with E-state index in [0.29, 0.717) is 18.7 Å². The third-order valence-electron chi connectivity index (χ3n) is 3.91. The number of hydrogen-bond acceptors (Lipinski definition) is 5. The SMILES string of the molecule is Cc1cc(-c2cnc(C(C)C)nc2CCNC(=O)C2CC2)on1. The highest BCUT2D eigenvalue weighted by Gasteiger charge is 2.29. The van der Waals surface area contributed by atoms with Gasteiger partial charge in [-0.2, -0.15) is 0 Å². The molecule has 0 unspecified atom stereocenters. The summed E-state index contributed by atoms with van der Waals surface area (Å²) in [7, 11) is 0. The molecular weight excluding hydrogens is 292 g/mol. The van der Waals surface area contributed by atoms with Crippen molar-refractivity contribution in [2.45, 2.75) is 46.0 Å². The average Bonchev–Trinajstić information content (AvgIpc) is 3.29. The molecule has 2 aromatic rings. The second kappa shape index (κ2) is 6.48. The summed E-state index contributed by atoms with van der Waals surface area (Å²) < 4.78 is 5.35. The van der Waals surface area contributed by atoms with Gasteiger partial charge in [0.1, 0.15) is 5.82 Å². The molecule has 0 aliphatic heterocycles. The molecule has 0 radical (unpaired) electrons. The minimum absolute atomic E-state index is 0.153. The third kappa shape index (κ3) is 3.75. The van der Waals surface area contributed by atoms with Gasteiger partial charge in [0.15, 0.2) is 5.76 Å². The summed E-state index contributed by atoms with van der Waals surface area (Å²) >= 11 is 0. The lowest BCUT2D eigenvalue weighted by atomic mass is 10.1. The van der Waals surface area contributed by atoms with Crippen LogP contribution in [0.2, 0.25) is 0 Å². The summed E-state index contributed by atoms with van der Waals surface area (Å²) in [6, 6.07) is 1.88. The van der Waals surface area contributed by atoms with Crippen molar-refractivity contribution in [3.05, 3.63) is 29.5 Å². The molecule has 2 aromatic heterocycles. The van der Waals surface area contributed by atoms with Crippen LogP contribution in [0.3, 0.4) is 0 Å². The van der Waals surface area contributed by atoms with Crippen molar-refractivity contribution in [2.75, 3.05) is 6.54 Å². The van der Waals surface area contributed by atoms with Crippen LogP contribution in [0.15, 0.2) is 16.8 Å². The van der Waals surface area contributed by atoms with Crippen LogP contribution >= 0.6 is 0 Å². The van der Waals surface area contributed by atoms with Crippen LogP contribution < -0.4 is 5.32 Å². The Labute approximate surface area is 135 Å². The Morgan fingerprint density at radius 2 is 2.22 bits per heavy atom. The van der Waals surface area contributed by atoms with Crippen LogP contribution in [0.4, 0.5) is 0 Å². The van der Waals surface area contributed by atoms with Gasteiger partial charge in [0.2, 0.25) is 5.91 Å². The molecule has 1 N–H and O–H groups in total. The topological polar surface area (TPSA) is 80.9 Å². The summed E-state index contributed by atoms with van der Waals surface area (Å²) in [6.45, 7) is 6.58. The van der Waals surface area contributed by atoms with E-state index in [1.807, 2.05) is 13.0 Å². The molecular formula is C17H22N4O2. The van der Waals surface area contributed by atoms with Crippen LogP contribution in [0.25, 0.3) is 11.3 Å². The number of hydrogen-bond donors (Lipinski definition) is 1. The highest BCUT2D eigenvalue weighted by atomic mass is 16.5. The molecule has 1 aliphatic rings. The first kappa shape index (κ1) is 15.6. The number of nitrogens with one attached hydrogen (secondary N) is 1. The monoisotopic (exact) mass is 314 g/mol. The fraction of sp³-hybridized carbons (Fsp3) is 0.529. The van der Waals surface area contributed by atoms with Crippen LogP contribution in [-0.4, -0.2) is 27.6 Å². The minimum atomic E-state index is 0.153. The van der Waals surface area contributed by atoms with E-state index in [1.165, 1.54) is 0 Å². The Balaban J connectivity index is 1.79. The van der Waals surface area contributed by atoms with Crippen molar-refractivity contribution in [3.8, 4) is 11.3 Å². The van der Waals surface area contributed by atoms with Gasteiger partial charge in [0.25, 0.3) is 0 Å². The molecule has 3 rings (SSSR count). The van der Waals surface area contributed by atoms with Crippen LogP contribution in [0, 0.1) is 12.8 Å². The molecule has 6 heteroatoms. The molecule has 122 valence electrons. The molecule has 0 atom stereocenters. The molecule has 2 heterocycles. The lowest BCUT2D eigenvalue weighted by Gasteiger charge is -2.10. The lowest BCUT2D eigenvalue weighted by Crippen LogP contribution is -2.27. The van der Waals surface area contributed by atoms with E-state index in [9.17, 15) is 4.79 Å².